The molecular weight excluding hydrogens is 603 g/mol. The molecule has 6 rings (SSSR count). The number of para-hydroxylation sites is 2. The first-order chi connectivity index (χ1) is 21.4. The van der Waals surface area contributed by atoms with Crippen molar-refractivity contribution in [3.05, 3.63) is 182 Å². The summed E-state index contributed by atoms with van der Waals surface area (Å²) in [7, 11) is 0. The molecule has 0 amide bonds. The predicted molar refractivity (Wildman–Crippen MR) is 177 cm³/mol. The molecule has 2 aromatic carbocycles. The van der Waals surface area contributed by atoms with E-state index in [1.165, 1.54) is 0 Å². The largest absolute Gasteiger partial charge is 2.00 e. The predicted octanol–water partition coefficient (Wildman–Crippen LogP) is 8.09. The van der Waals surface area contributed by atoms with Crippen LogP contribution in [0, 0.1) is 0 Å². The van der Waals surface area contributed by atoms with Gasteiger partial charge in [-0.05, 0) is 60.4 Å². The fourth-order valence-electron chi connectivity index (χ4n) is 3.17. The van der Waals surface area contributed by atoms with Crippen LogP contribution in [0.2, 0.25) is 0 Å². The second-order valence-electron chi connectivity index (χ2n) is 9.48. The summed E-state index contributed by atoms with van der Waals surface area (Å²) in [6, 6.07) is 37.2. The average Bonchev–Trinajstić information content (AvgIpc) is 3.09. The number of nitrogens with zero attached hydrogens (tertiary/aromatic N) is 4. The number of rotatable bonds is 2. The van der Waals surface area contributed by atoms with Gasteiger partial charge in [0.15, 0.2) is 0 Å². The van der Waals surface area contributed by atoms with Gasteiger partial charge in [-0.15, -0.1) is 11.5 Å². The average molecular weight is 645 g/mol. The molecule has 0 fully saturated rings. The quantitative estimate of drug-likeness (QED) is 0.177. The van der Waals surface area contributed by atoms with Crippen molar-refractivity contribution in [2.75, 3.05) is 0 Å². The Labute approximate surface area is 278 Å². The van der Waals surface area contributed by atoms with Crippen LogP contribution in [0.3, 0.4) is 0 Å². The second kappa shape index (κ2) is 27.9. The van der Waals surface area contributed by atoms with Crippen molar-refractivity contribution < 1.29 is 26.7 Å². The van der Waals surface area contributed by atoms with E-state index >= 15 is 0 Å². The van der Waals surface area contributed by atoms with Crippen LogP contribution in [0.25, 0.3) is 0 Å². The van der Waals surface area contributed by atoms with Crippen LogP contribution in [0.5, 0.6) is 11.5 Å². The van der Waals surface area contributed by atoms with E-state index in [9.17, 15) is 10.2 Å². The molecule has 0 saturated carbocycles. The minimum Gasteiger partial charge on any atom is -0.872 e. The van der Waals surface area contributed by atoms with Crippen LogP contribution in [0.1, 0.15) is 50.7 Å². The zero-order chi connectivity index (χ0) is 32.1. The summed E-state index contributed by atoms with van der Waals surface area (Å²) in [4.78, 5) is 15.1. The maximum atomic E-state index is 11.1. The van der Waals surface area contributed by atoms with Crippen LogP contribution in [-0.4, -0.2) is 19.9 Å². The van der Waals surface area contributed by atoms with Crippen molar-refractivity contribution in [3.63, 3.8) is 0 Å². The Morgan fingerprint density at radius 2 is 0.578 bits per heavy atom. The molecule has 6 nitrogen and oxygen atoms in total. The Balaban J connectivity index is 0.000000522. The van der Waals surface area contributed by atoms with E-state index in [2.05, 4.69) is 19.9 Å². The number of benzene rings is 2. The zero-order valence-corrected chi connectivity index (χ0v) is 27.2. The third-order valence-corrected chi connectivity index (χ3v) is 5.35. The van der Waals surface area contributed by atoms with Gasteiger partial charge in [-0.2, -0.15) is 0 Å². The van der Waals surface area contributed by atoms with E-state index in [-0.39, 0.29) is 28.0 Å². The van der Waals surface area contributed by atoms with Gasteiger partial charge in [-0.25, -0.2) is 0 Å². The van der Waals surface area contributed by atoms with Gasteiger partial charge >= 0.3 is 16.5 Å². The summed E-state index contributed by atoms with van der Waals surface area (Å²) >= 11 is 0. The Bertz CT molecular complexity index is 1150. The van der Waals surface area contributed by atoms with Gasteiger partial charge < -0.3 is 10.2 Å². The number of hydrogen-bond donors (Lipinski definition) is 0. The van der Waals surface area contributed by atoms with E-state index in [4.69, 9.17) is 0 Å². The maximum Gasteiger partial charge on any atom is 2.00 e. The molecule has 0 N–H and O–H groups in total. The fraction of sp³-hybridized carbons (Fsp3) is 0.158. The van der Waals surface area contributed by atoms with Gasteiger partial charge in [-0.3, -0.25) is 19.9 Å². The summed E-state index contributed by atoms with van der Waals surface area (Å²) in [5.41, 5.74) is 1.81. The minimum absolute atomic E-state index is 0. The molecule has 4 heterocycles. The summed E-state index contributed by atoms with van der Waals surface area (Å²) in [6.45, 7) is 8.10. The van der Waals surface area contributed by atoms with E-state index in [0.717, 1.165) is 11.1 Å². The van der Waals surface area contributed by atoms with Gasteiger partial charge in [-0.1, -0.05) is 112 Å². The standard InChI is InChI=1S/2C9H12O.4C5H5N.Ni/c2*1-7(2)8-5-3-4-6-9(8)10;4*1-2-4-6-5-3-1;/h2*3-7,10H,1-2H3;4*1-5H;/q;;;;;;+2/p-2. The third-order valence-electron chi connectivity index (χ3n) is 5.35. The van der Waals surface area contributed by atoms with Gasteiger partial charge in [0.1, 0.15) is 0 Å². The first kappa shape index (κ1) is 40.1. The molecule has 0 aliphatic heterocycles. The molecule has 0 aliphatic carbocycles. The summed E-state index contributed by atoms with van der Waals surface area (Å²) in [6.07, 6.45) is 14.0. The molecule has 6 aromatic rings. The molecule has 0 atom stereocenters. The molecule has 0 spiro atoms. The first-order valence-corrected chi connectivity index (χ1v) is 14.3. The van der Waals surface area contributed by atoms with Crippen molar-refractivity contribution in [1.82, 2.24) is 19.9 Å². The van der Waals surface area contributed by atoms with Crippen molar-refractivity contribution >= 4 is 0 Å². The maximum absolute atomic E-state index is 11.1. The molecule has 236 valence electrons. The first-order valence-electron chi connectivity index (χ1n) is 14.3. The third kappa shape index (κ3) is 22.4. The van der Waals surface area contributed by atoms with E-state index in [1.807, 2.05) is 125 Å². The number of aromatic nitrogens is 4. The van der Waals surface area contributed by atoms with Crippen LogP contribution >= 0.6 is 0 Å². The SMILES string of the molecule is CC(C)c1ccccc1[O-].CC(C)c1ccccc1[O-].[Ni+2].c1ccncc1.c1ccncc1.c1ccncc1.c1ccncc1. The topological polar surface area (TPSA) is 97.7 Å². The fourth-order valence-corrected chi connectivity index (χ4v) is 3.17. The number of pyridine rings is 4. The molecular formula is C38H42N4NiO2. The molecule has 45 heavy (non-hydrogen) atoms. The number of hydrogen-bond acceptors (Lipinski definition) is 6. The smallest absolute Gasteiger partial charge is 0.872 e. The molecule has 0 saturated heterocycles. The molecule has 4 aromatic heterocycles. The van der Waals surface area contributed by atoms with Crippen molar-refractivity contribution in [1.29, 1.82) is 0 Å². The van der Waals surface area contributed by atoms with Crippen LogP contribution in [0.4, 0.5) is 0 Å². The summed E-state index contributed by atoms with van der Waals surface area (Å²) in [5.74, 6) is 0.984. The molecule has 7 heteroatoms. The van der Waals surface area contributed by atoms with Crippen LogP contribution in [0.15, 0.2) is 171 Å². The van der Waals surface area contributed by atoms with Crippen molar-refractivity contribution in [2.24, 2.45) is 0 Å². The van der Waals surface area contributed by atoms with E-state index in [1.54, 1.807) is 73.8 Å². The summed E-state index contributed by atoms with van der Waals surface area (Å²) < 4.78 is 0. The second-order valence-corrected chi connectivity index (χ2v) is 9.48. The Morgan fingerprint density at radius 3 is 0.689 bits per heavy atom. The Hall–Kier alpha value is -4.87. The van der Waals surface area contributed by atoms with E-state index < -0.39 is 0 Å². The molecule has 0 unspecified atom stereocenters. The van der Waals surface area contributed by atoms with Crippen molar-refractivity contribution in [2.45, 2.75) is 39.5 Å². The monoisotopic (exact) mass is 644 g/mol. The summed E-state index contributed by atoms with van der Waals surface area (Å²) in [5, 5.41) is 22.1. The van der Waals surface area contributed by atoms with Gasteiger partial charge in [0, 0.05) is 49.6 Å². The molecule has 0 aliphatic rings. The Kier molecular flexibility index (Phi) is 24.9. The van der Waals surface area contributed by atoms with E-state index in [0.29, 0.717) is 11.8 Å². The van der Waals surface area contributed by atoms with Gasteiger partial charge in [0.2, 0.25) is 0 Å². The Morgan fingerprint density at radius 1 is 0.356 bits per heavy atom. The van der Waals surface area contributed by atoms with Crippen molar-refractivity contribution in [3.8, 4) is 11.5 Å². The van der Waals surface area contributed by atoms with Gasteiger partial charge in [0.25, 0.3) is 0 Å². The zero-order valence-electron chi connectivity index (χ0n) is 26.2. The van der Waals surface area contributed by atoms with Crippen LogP contribution < -0.4 is 10.2 Å². The van der Waals surface area contributed by atoms with Crippen LogP contribution in [-0.2, 0) is 16.5 Å². The minimum atomic E-state index is 0. The molecule has 0 radical (unpaired) electrons. The molecule has 0 bridgehead atoms. The van der Waals surface area contributed by atoms with Gasteiger partial charge in [0.05, 0.1) is 0 Å². The normalized spacial score (nSPS) is 8.84.